The van der Waals surface area contributed by atoms with Crippen molar-refractivity contribution in [3.8, 4) is 0 Å². The molecular formula is C15H24O. The predicted molar refractivity (Wildman–Crippen MR) is 69.2 cm³/mol. The molecule has 2 atom stereocenters. The molecule has 0 fully saturated rings. The molecule has 1 heteroatoms. The van der Waals surface area contributed by atoms with Gasteiger partial charge in [-0.15, -0.1) is 0 Å². The van der Waals surface area contributed by atoms with Crippen molar-refractivity contribution in [3.63, 3.8) is 0 Å². The standard InChI is InChI=1S/C15H24O/c1-11(2)13-8-7-12(3)15(6,9-10-16)14(13,4)5/h7,10,13H,1,8-9H2,2-6H3/t13-,15-/m0/s1. The van der Waals surface area contributed by atoms with Crippen LogP contribution in [0.2, 0.25) is 0 Å². The molecule has 0 unspecified atom stereocenters. The molecular weight excluding hydrogens is 196 g/mol. The van der Waals surface area contributed by atoms with Crippen molar-refractivity contribution in [2.75, 3.05) is 0 Å². The van der Waals surface area contributed by atoms with Crippen LogP contribution in [0.15, 0.2) is 23.8 Å². The molecule has 90 valence electrons. The first-order valence-electron chi connectivity index (χ1n) is 6.03. The van der Waals surface area contributed by atoms with Crippen LogP contribution in [0.25, 0.3) is 0 Å². The van der Waals surface area contributed by atoms with Crippen LogP contribution in [0.4, 0.5) is 0 Å². The van der Waals surface area contributed by atoms with E-state index in [2.05, 4.69) is 47.3 Å². The Kier molecular flexibility index (Phi) is 3.47. The highest BCUT2D eigenvalue weighted by molar-refractivity contribution is 5.53. The van der Waals surface area contributed by atoms with E-state index in [0.717, 1.165) is 12.7 Å². The average Bonchev–Trinajstić information content (AvgIpc) is 2.14. The molecule has 1 aliphatic rings. The summed E-state index contributed by atoms with van der Waals surface area (Å²) in [5, 5.41) is 0. The molecule has 0 aliphatic heterocycles. The highest BCUT2D eigenvalue weighted by Gasteiger charge is 2.48. The van der Waals surface area contributed by atoms with E-state index >= 15 is 0 Å². The van der Waals surface area contributed by atoms with E-state index in [0.29, 0.717) is 12.3 Å². The summed E-state index contributed by atoms with van der Waals surface area (Å²) >= 11 is 0. The Morgan fingerprint density at radius 2 is 2.12 bits per heavy atom. The molecule has 0 saturated heterocycles. The third kappa shape index (κ3) is 1.77. The monoisotopic (exact) mass is 220 g/mol. The zero-order chi connectivity index (χ0) is 12.6. The lowest BCUT2D eigenvalue weighted by Crippen LogP contribution is -2.45. The van der Waals surface area contributed by atoms with E-state index in [9.17, 15) is 4.79 Å². The van der Waals surface area contributed by atoms with Gasteiger partial charge in [0.25, 0.3) is 0 Å². The number of carbonyl (C=O) groups is 1. The molecule has 1 nitrogen and oxygen atoms in total. The largest absolute Gasteiger partial charge is 0.303 e. The third-order valence-electron chi connectivity index (χ3n) is 4.91. The maximum Gasteiger partial charge on any atom is 0.120 e. The minimum Gasteiger partial charge on any atom is -0.303 e. The zero-order valence-corrected chi connectivity index (χ0v) is 11.3. The lowest BCUT2D eigenvalue weighted by molar-refractivity contribution is -0.111. The molecule has 0 saturated carbocycles. The summed E-state index contributed by atoms with van der Waals surface area (Å²) in [5.41, 5.74) is 2.64. The number of allylic oxidation sites excluding steroid dienone is 3. The van der Waals surface area contributed by atoms with Crippen molar-refractivity contribution in [2.45, 2.75) is 47.5 Å². The highest BCUT2D eigenvalue weighted by atomic mass is 16.1. The molecule has 16 heavy (non-hydrogen) atoms. The fraction of sp³-hybridized carbons (Fsp3) is 0.667. The van der Waals surface area contributed by atoms with Gasteiger partial charge in [0.05, 0.1) is 0 Å². The van der Waals surface area contributed by atoms with E-state index in [1.54, 1.807) is 0 Å². The lowest BCUT2D eigenvalue weighted by atomic mass is 9.52. The Balaban J connectivity index is 3.24. The zero-order valence-electron chi connectivity index (χ0n) is 11.3. The van der Waals surface area contributed by atoms with E-state index in [1.165, 1.54) is 11.1 Å². The first-order valence-corrected chi connectivity index (χ1v) is 6.03. The summed E-state index contributed by atoms with van der Waals surface area (Å²) < 4.78 is 0. The Bertz CT molecular complexity index is 335. The molecule has 1 aliphatic carbocycles. The van der Waals surface area contributed by atoms with E-state index < -0.39 is 0 Å². The average molecular weight is 220 g/mol. The smallest absolute Gasteiger partial charge is 0.120 e. The van der Waals surface area contributed by atoms with Gasteiger partial charge >= 0.3 is 0 Å². The predicted octanol–water partition coefficient (Wildman–Crippen LogP) is 4.15. The molecule has 0 spiro atoms. The highest BCUT2D eigenvalue weighted by Crippen LogP contribution is 2.56. The van der Waals surface area contributed by atoms with Crippen LogP contribution in [0.1, 0.15) is 47.5 Å². The lowest BCUT2D eigenvalue weighted by Gasteiger charge is -2.52. The fourth-order valence-electron chi connectivity index (χ4n) is 3.12. The van der Waals surface area contributed by atoms with Crippen LogP contribution < -0.4 is 0 Å². The molecule has 0 radical (unpaired) electrons. The van der Waals surface area contributed by atoms with Crippen molar-refractivity contribution in [1.82, 2.24) is 0 Å². The molecule has 0 amide bonds. The molecule has 1 rings (SSSR count). The maximum absolute atomic E-state index is 10.9. The summed E-state index contributed by atoms with van der Waals surface area (Å²) in [6.45, 7) is 15.1. The van der Waals surface area contributed by atoms with Crippen molar-refractivity contribution in [1.29, 1.82) is 0 Å². The Hall–Kier alpha value is -0.850. The van der Waals surface area contributed by atoms with Gasteiger partial charge in [-0.1, -0.05) is 44.6 Å². The summed E-state index contributed by atoms with van der Waals surface area (Å²) in [7, 11) is 0. The fourth-order valence-corrected chi connectivity index (χ4v) is 3.12. The quantitative estimate of drug-likeness (QED) is 0.516. The van der Waals surface area contributed by atoms with Crippen LogP contribution in [0.5, 0.6) is 0 Å². The molecule has 0 aromatic rings. The second-order valence-corrected chi connectivity index (χ2v) is 5.95. The Morgan fingerprint density at radius 3 is 2.56 bits per heavy atom. The number of hydrogen-bond donors (Lipinski definition) is 0. The third-order valence-corrected chi connectivity index (χ3v) is 4.91. The molecule has 0 aromatic heterocycles. The van der Waals surface area contributed by atoms with Crippen molar-refractivity contribution in [2.24, 2.45) is 16.7 Å². The van der Waals surface area contributed by atoms with Crippen LogP contribution in [-0.4, -0.2) is 6.29 Å². The first-order chi connectivity index (χ1) is 7.27. The van der Waals surface area contributed by atoms with Gasteiger partial charge < -0.3 is 4.79 Å². The van der Waals surface area contributed by atoms with Gasteiger partial charge in [-0.25, -0.2) is 0 Å². The molecule has 0 heterocycles. The summed E-state index contributed by atoms with van der Waals surface area (Å²) in [6, 6.07) is 0. The summed E-state index contributed by atoms with van der Waals surface area (Å²) in [4.78, 5) is 10.9. The van der Waals surface area contributed by atoms with Crippen molar-refractivity contribution >= 4 is 6.29 Å². The van der Waals surface area contributed by atoms with E-state index in [-0.39, 0.29) is 10.8 Å². The number of rotatable bonds is 3. The van der Waals surface area contributed by atoms with Crippen molar-refractivity contribution in [3.05, 3.63) is 23.8 Å². The summed E-state index contributed by atoms with van der Waals surface area (Å²) in [5.74, 6) is 0.473. The van der Waals surface area contributed by atoms with E-state index in [4.69, 9.17) is 0 Å². The SMILES string of the molecule is C=C(C)[C@@H]1CC=C(C)[C@](C)(CC=O)C1(C)C. The van der Waals surface area contributed by atoms with Crippen LogP contribution >= 0.6 is 0 Å². The van der Waals surface area contributed by atoms with Crippen LogP contribution in [-0.2, 0) is 4.79 Å². The van der Waals surface area contributed by atoms with Gasteiger partial charge in [0, 0.05) is 11.8 Å². The molecule has 0 aromatic carbocycles. The normalized spacial score (nSPS) is 33.1. The van der Waals surface area contributed by atoms with Gasteiger partial charge in [0.2, 0.25) is 0 Å². The van der Waals surface area contributed by atoms with Gasteiger partial charge in [-0.3, -0.25) is 0 Å². The minimum atomic E-state index is -0.0311. The van der Waals surface area contributed by atoms with Gasteiger partial charge in [0.15, 0.2) is 0 Å². The number of aldehydes is 1. The maximum atomic E-state index is 10.9. The topological polar surface area (TPSA) is 17.1 Å². The first kappa shape index (κ1) is 13.2. The van der Waals surface area contributed by atoms with Gasteiger partial charge in [0.1, 0.15) is 6.29 Å². The minimum absolute atomic E-state index is 0.0311. The number of carbonyl (C=O) groups excluding carboxylic acids is 1. The van der Waals surface area contributed by atoms with Crippen molar-refractivity contribution < 1.29 is 4.79 Å². The number of hydrogen-bond acceptors (Lipinski definition) is 1. The Morgan fingerprint density at radius 1 is 1.56 bits per heavy atom. The van der Waals surface area contributed by atoms with Crippen LogP contribution in [0, 0.1) is 16.7 Å². The Labute approximate surface area is 99.6 Å². The second kappa shape index (κ2) is 4.20. The van der Waals surface area contributed by atoms with Gasteiger partial charge in [-0.2, -0.15) is 0 Å². The second-order valence-electron chi connectivity index (χ2n) is 5.95. The van der Waals surface area contributed by atoms with Gasteiger partial charge in [-0.05, 0) is 31.6 Å². The van der Waals surface area contributed by atoms with E-state index in [1.807, 2.05) is 0 Å². The van der Waals surface area contributed by atoms with Crippen LogP contribution in [0.3, 0.4) is 0 Å². The molecule has 0 bridgehead atoms. The summed E-state index contributed by atoms with van der Waals surface area (Å²) in [6.07, 6.45) is 5.00. The molecule has 0 N–H and O–H groups in total.